The fourth-order valence-corrected chi connectivity index (χ4v) is 4.68. The van der Waals surface area contributed by atoms with Crippen LogP contribution in [0.4, 0.5) is 15.8 Å². The van der Waals surface area contributed by atoms with Crippen LogP contribution in [0.1, 0.15) is 21.5 Å². The maximum Gasteiger partial charge on any atom is 0.262 e. The predicted molar refractivity (Wildman–Crippen MR) is 122 cm³/mol. The lowest BCUT2D eigenvalue weighted by atomic mass is 10.1. The zero-order valence-electron chi connectivity index (χ0n) is 17.8. The average molecular weight is 466 g/mol. The Hall–Kier alpha value is -4.05. The summed E-state index contributed by atoms with van der Waals surface area (Å²) in [5.41, 5.74) is 1.95. The number of aromatic nitrogens is 3. The number of rotatable bonds is 6. The monoisotopic (exact) mass is 465 g/mol. The van der Waals surface area contributed by atoms with E-state index >= 15 is 0 Å². The molecule has 8 nitrogen and oxygen atoms in total. The molecule has 0 fully saturated rings. The van der Waals surface area contributed by atoms with Crippen molar-refractivity contribution < 1.29 is 17.6 Å². The topological polar surface area (TPSA) is 106 Å². The number of anilines is 2. The third kappa shape index (κ3) is 4.75. The summed E-state index contributed by atoms with van der Waals surface area (Å²) in [5.74, 6) is -1.20. The number of hydrogen-bond donors (Lipinski definition) is 2. The average Bonchev–Trinajstić information content (AvgIpc) is 3.30. The van der Waals surface area contributed by atoms with Gasteiger partial charge in [0.05, 0.1) is 16.1 Å². The molecule has 0 aliphatic rings. The van der Waals surface area contributed by atoms with E-state index in [0.717, 1.165) is 11.6 Å². The van der Waals surface area contributed by atoms with Crippen molar-refractivity contribution in [2.24, 2.45) is 0 Å². The first-order chi connectivity index (χ1) is 15.7. The van der Waals surface area contributed by atoms with Gasteiger partial charge in [0.2, 0.25) is 0 Å². The van der Waals surface area contributed by atoms with Crippen LogP contribution >= 0.6 is 0 Å². The highest BCUT2D eigenvalue weighted by atomic mass is 32.2. The van der Waals surface area contributed by atoms with Gasteiger partial charge in [-0.2, -0.15) is 5.10 Å². The molecular weight excluding hydrogens is 445 g/mol. The zero-order chi connectivity index (χ0) is 23.6. The lowest BCUT2D eigenvalue weighted by molar-refractivity contribution is 0.102. The summed E-state index contributed by atoms with van der Waals surface area (Å²) < 4.78 is 44.2. The smallest absolute Gasteiger partial charge is 0.262 e. The molecule has 0 aliphatic heterocycles. The molecule has 1 heterocycles. The Kier molecular flexibility index (Phi) is 5.93. The summed E-state index contributed by atoms with van der Waals surface area (Å²) in [6.07, 6.45) is 2.64. The van der Waals surface area contributed by atoms with Gasteiger partial charge in [0.25, 0.3) is 15.9 Å². The van der Waals surface area contributed by atoms with E-state index in [0.29, 0.717) is 5.56 Å². The number of para-hydroxylation sites is 1. The number of benzene rings is 3. The molecule has 0 bridgehead atoms. The fraction of sp³-hybridized carbons (Fsp3) is 0.0870. The summed E-state index contributed by atoms with van der Waals surface area (Å²) in [7, 11) is -3.94. The second-order valence-electron chi connectivity index (χ2n) is 7.38. The standard InChI is InChI=1S/C23H20FN5O3S/c1-15-7-8-16(2)22(11-15)33(31,32)28-20-6-4-3-5-18(20)23(30)27-17-9-10-21(19(24)12-17)29-14-25-13-26-29/h3-14,28H,1-2H3,(H,27,30). The quantitative estimate of drug-likeness (QED) is 0.446. The van der Waals surface area contributed by atoms with E-state index in [2.05, 4.69) is 20.1 Å². The minimum absolute atomic E-state index is 0.0899. The van der Waals surface area contributed by atoms with Crippen LogP contribution in [-0.2, 0) is 10.0 Å². The summed E-state index contributed by atoms with van der Waals surface area (Å²) in [6.45, 7) is 3.50. The SMILES string of the molecule is Cc1ccc(C)c(S(=O)(=O)Nc2ccccc2C(=O)Nc2ccc(-n3cncn3)c(F)c2)c1. The van der Waals surface area contributed by atoms with E-state index in [1.54, 1.807) is 38.1 Å². The third-order valence-corrected chi connectivity index (χ3v) is 6.43. The van der Waals surface area contributed by atoms with Crippen LogP contribution in [0.25, 0.3) is 5.69 Å². The Morgan fingerprint density at radius 3 is 2.55 bits per heavy atom. The number of carbonyl (C=O) groups excluding carboxylic acids is 1. The maximum absolute atomic E-state index is 14.5. The molecule has 10 heteroatoms. The van der Waals surface area contributed by atoms with E-state index in [1.807, 2.05) is 6.07 Å². The van der Waals surface area contributed by atoms with Crippen LogP contribution in [0.5, 0.6) is 0 Å². The molecule has 1 amide bonds. The predicted octanol–water partition coefficient (Wildman–Crippen LogP) is 4.08. The first kappa shape index (κ1) is 22.2. The van der Waals surface area contributed by atoms with Crippen molar-refractivity contribution in [3.8, 4) is 5.69 Å². The Morgan fingerprint density at radius 1 is 1.03 bits per heavy atom. The van der Waals surface area contributed by atoms with E-state index in [1.165, 1.54) is 41.6 Å². The molecule has 4 aromatic rings. The van der Waals surface area contributed by atoms with Crippen molar-refractivity contribution in [2.45, 2.75) is 18.7 Å². The minimum Gasteiger partial charge on any atom is -0.322 e. The molecule has 33 heavy (non-hydrogen) atoms. The van der Waals surface area contributed by atoms with E-state index < -0.39 is 21.7 Å². The lowest BCUT2D eigenvalue weighted by Gasteiger charge is -2.14. The van der Waals surface area contributed by atoms with E-state index in [-0.39, 0.29) is 27.5 Å². The van der Waals surface area contributed by atoms with Gasteiger partial charge in [0, 0.05) is 5.69 Å². The molecule has 0 atom stereocenters. The number of aryl methyl sites for hydroxylation is 2. The molecular formula is C23H20FN5O3S. The van der Waals surface area contributed by atoms with Gasteiger partial charge in [-0.25, -0.2) is 22.5 Å². The highest BCUT2D eigenvalue weighted by Crippen LogP contribution is 2.24. The number of nitrogens with zero attached hydrogens (tertiary/aromatic N) is 3. The van der Waals surface area contributed by atoms with Crippen LogP contribution < -0.4 is 10.0 Å². The normalized spacial score (nSPS) is 11.2. The Morgan fingerprint density at radius 2 is 1.82 bits per heavy atom. The van der Waals surface area contributed by atoms with Gasteiger partial charge in [0.1, 0.15) is 18.3 Å². The first-order valence-corrected chi connectivity index (χ1v) is 11.4. The van der Waals surface area contributed by atoms with Gasteiger partial charge >= 0.3 is 0 Å². The first-order valence-electron chi connectivity index (χ1n) is 9.89. The van der Waals surface area contributed by atoms with Gasteiger partial charge in [-0.15, -0.1) is 0 Å². The van der Waals surface area contributed by atoms with E-state index in [9.17, 15) is 17.6 Å². The molecule has 168 valence electrons. The summed E-state index contributed by atoms with van der Waals surface area (Å²) in [4.78, 5) is 16.8. The Bertz CT molecular complexity index is 1440. The van der Waals surface area contributed by atoms with Crippen LogP contribution in [0.3, 0.4) is 0 Å². The number of halogens is 1. The van der Waals surface area contributed by atoms with Crippen molar-refractivity contribution in [3.63, 3.8) is 0 Å². The largest absolute Gasteiger partial charge is 0.322 e. The van der Waals surface area contributed by atoms with Crippen molar-refractivity contribution in [1.29, 1.82) is 0 Å². The van der Waals surface area contributed by atoms with Crippen molar-refractivity contribution >= 4 is 27.3 Å². The van der Waals surface area contributed by atoms with Crippen molar-refractivity contribution in [1.82, 2.24) is 14.8 Å². The molecule has 0 spiro atoms. The molecule has 3 aromatic carbocycles. The van der Waals surface area contributed by atoms with Crippen LogP contribution in [0.2, 0.25) is 0 Å². The molecule has 0 saturated carbocycles. The zero-order valence-corrected chi connectivity index (χ0v) is 18.6. The molecule has 0 saturated heterocycles. The summed E-state index contributed by atoms with van der Waals surface area (Å²) in [6, 6.07) is 15.4. The van der Waals surface area contributed by atoms with Crippen LogP contribution in [0, 0.1) is 19.7 Å². The van der Waals surface area contributed by atoms with E-state index in [4.69, 9.17) is 0 Å². The van der Waals surface area contributed by atoms with Gasteiger partial charge in [-0.1, -0.05) is 24.3 Å². The second-order valence-corrected chi connectivity index (χ2v) is 9.03. The minimum atomic E-state index is -3.94. The van der Waals surface area contributed by atoms with Crippen LogP contribution in [0.15, 0.2) is 78.2 Å². The Labute approximate surface area is 190 Å². The number of carbonyl (C=O) groups is 1. The van der Waals surface area contributed by atoms with Crippen molar-refractivity contribution in [2.75, 3.05) is 10.0 Å². The van der Waals surface area contributed by atoms with Crippen LogP contribution in [-0.4, -0.2) is 29.1 Å². The summed E-state index contributed by atoms with van der Waals surface area (Å²) >= 11 is 0. The maximum atomic E-state index is 14.5. The number of amides is 1. The van der Waals surface area contributed by atoms with Gasteiger partial charge in [0.15, 0.2) is 5.82 Å². The van der Waals surface area contributed by atoms with Gasteiger partial charge in [-0.3, -0.25) is 9.52 Å². The fourth-order valence-electron chi connectivity index (χ4n) is 3.27. The number of hydrogen-bond acceptors (Lipinski definition) is 5. The highest BCUT2D eigenvalue weighted by molar-refractivity contribution is 7.92. The van der Waals surface area contributed by atoms with Gasteiger partial charge in [-0.05, 0) is 61.4 Å². The van der Waals surface area contributed by atoms with Crippen molar-refractivity contribution in [3.05, 3.63) is 95.8 Å². The Balaban J connectivity index is 1.59. The highest BCUT2D eigenvalue weighted by Gasteiger charge is 2.21. The second kappa shape index (κ2) is 8.83. The molecule has 0 radical (unpaired) electrons. The molecule has 0 aliphatic carbocycles. The van der Waals surface area contributed by atoms with Gasteiger partial charge < -0.3 is 5.32 Å². The molecule has 1 aromatic heterocycles. The molecule has 0 unspecified atom stereocenters. The molecule has 2 N–H and O–H groups in total. The number of nitrogens with one attached hydrogen (secondary N) is 2. The summed E-state index contributed by atoms with van der Waals surface area (Å²) in [5, 5.41) is 6.48. The lowest BCUT2D eigenvalue weighted by Crippen LogP contribution is -2.19. The molecule has 4 rings (SSSR count). The number of sulfonamides is 1. The third-order valence-electron chi connectivity index (χ3n) is 4.92.